The molecule has 0 spiro atoms. The molecule has 2 aromatic carbocycles. The van der Waals surface area contributed by atoms with E-state index in [4.69, 9.17) is 11.6 Å². The van der Waals surface area contributed by atoms with Crippen LogP contribution < -0.4 is 16.1 Å². The molecule has 3 N–H and O–H groups in total. The van der Waals surface area contributed by atoms with Gasteiger partial charge in [0.05, 0.1) is 23.0 Å². The van der Waals surface area contributed by atoms with Crippen LogP contribution in [0.5, 0.6) is 0 Å². The number of amides is 3. The number of nitrogens with zero attached hydrogens (tertiary/aromatic N) is 2. The fourth-order valence-corrected chi connectivity index (χ4v) is 4.08. The Bertz CT molecular complexity index is 1250. The zero-order valence-corrected chi connectivity index (χ0v) is 19.1. The predicted molar refractivity (Wildman–Crippen MR) is 132 cm³/mol. The van der Waals surface area contributed by atoms with E-state index in [0.29, 0.717) is 11.1 Å². The van der Waals surface area contributed by atoms with E-state index in [-0.39, 0.29) is 22.8 Å². The summed E-state index contributed by atoms with van der Waals surface area (Å²) in [5.41, 5.74) is 3.95. The molecule has 1 aromatic heterocycles. The van der Waals surface area contributed by atoms with Crippen LogP contribution in [0.1, 0.15) is 48.0 Å². The standard InChI is InChI=1S/C25H24ClN5O3/c26-22-17(14-16-8-4-6-12-20(16)29-22)15-27-31-25(34)24(33)30-21-13-7-5-11-19(21)23(32)28-18-9-2-1-3-10-18/h4-8,11-15,18H,1-3,9-10H2,(H,28,32)(H,30,33)(H,31,34). The number of anilines is 1. The Morgan fingerprint density at radius 3 is 2.53 bits per heavy atom. The Morgan fingerprint density at radius 1 is 0.971 bits per heavy atom. The molecule has 1 fully saturated rings. The number of halogens is 1. The minimum atomic E-state index is -0.983. The first-order valence-corrected chi connectivity index (χ1v) is 11.5. The molecule has 4 rings (SSSR count). The smallest absolute Gasteiger partial charge is 0.329 e. The molecule has 0 saturated heterocycles. The van der Waals surface area contributed by atoms with E-state index in [2.05, 4.69) is 26.1 Å². The molecule has 3 amide bonds. The lowest BCUT2D eigenvalue weighted by Gasteiger charge is -2.23. The van der Waals surface area contributed by atoms with Crippen LogP contribution in [0.15, 0.2) is 59.7 Å². The van der Waals surface area contributed by atoms with Crippen molar-refractivity contribution in [3.63, 3.8) is 0 Å². The summed E-state index contributed by atoms with van der Waals surface area (Å²) >= 11 is 6.17. The quantitative estimate of drug-likeness (QED) is 0.223. The number of carbonyl (C=O) groups excluding carboxylic acids is 3. The molecule has 9 heteroatoms. The van der Waals surface area contributed by atoms with E-state index in [0.717, 1.165) is 36.6 Å². The molecule has 0 bridgehead atoms. The molecule has 1 heterocycles. The Balaban J connectivity index is 1.38. The van der Waals surface area contributed by atoms with Crippen molar-refractivity contribution >= 4 is 52.1 Å². The largest absolute Gasteiger partial charge is 0.349 e. The van der Waals surface area contributed by atoms with Crippen LogP contribution in [0.2, 0.25) is 5.15 Å². The van der Waals surface area contributed by atoms with Gasteiger partial charge in [0.15, 0.2) is 0 Å². The van der Waals surface area contributed by atoms with Gasteiger partial charge in [0.1, 0.15) is 5.15 Å². The molecule has 8 nitrogen and oxygen atoms in total. The Kier molecular flexibility index (Phi) is 7.49. The van der Waals surface area contributed by atoms with Crippen LogP contribution >= 0.6 is 11.6 Å². The van der Waals surface area contributed by atoms with Crippen LogP contribution in [0.4, 0.5) is 5.69 Å². The summed E-state index contributed by atoms with van der Waals surface area (Å²) in [5.74, 6) is -2.21. The van der Waals surface area contributed by atoms with Gasteiger partial charge in [-0.1, -0.05) is 61.2 Å². The first-order chi connectivity index (χ1) is 16.5. The number of aromatic nitrogens is 1. The van der Waals surface area contributed by atoms with Gasteiger partial charge in [0.25, 0.3) is 5.91 Å². The average Bonchev–Trinajstić information content (AvgIpc) is 2.85. The zero-order valence-electron chi connectivity index (χ0n) is 18.4. The highest BCUT2D eigenvalue weighted by atomic mass is 35.5. The highest BCUT2D eigenvalue weighted by molar-refractivity contribution is 6.40. The number of hydrazone groups is 1. The molecule has 174 valence electrons. The number of rotatable bonds is 5. The lowest BCUT2D eigenvalue weighted by atomic mass is 9.95. The minimum Gasteiger partial charge on any atom is -0.349 e. The summed E-state index contributed by atoms with van der Waals surface area (Å²) in [4.78, 5) is 41.7. The molecule has 0 aliphatic heterocycles. The Labute approximate surface area is 201 Å². The number of pyridine rings is 1. The number of hydrogen-bond donors (Lipinski definition) is 3. The van der Waals surface area contributed by atoms with Gasteiger partial charge in [-0.15, -0.1) is 0 Å². The monoisotopic (exact) mass is 477 g/mol. The van der Waals surface area contributed by atoms with Crippen LogP contribution in [-0.2, 0) is 9.59 Å². The van der Waals surface area contributed by atoms with Gasteiger partial charge >= 0.3 is 11.8 Å². The summed E-state index contributed by atoms with van der Waals surface area (Å²) in [6.07, 6.45) is 6.56. The molecule has 1 saturated carbocycles. The topological polar surface area (TPSA) is 113 Å². The molecule has 1 aliphatic carbocycles. The normalized spacial score (nSPS) is 14.1. The number of fused-ring (bicyclic) bond motifs is 1. The lowest BCUT2D eigenvalue weighted by molar-refractivity contribution is -0.136. The van der Waals surface area contributed by atoms with E-state index in [1.807, 2.05) is 24.3 Å². The van der Waals surface area contributed by atoms with E-state index in [1.54, 1.807) is 30.3 Å². The molecule has 0 radical (unpaired) electrons. The number of para-hydroxylation sites is 2. The van der Waals surface area contributed by atoms with Crippen molar-refractivity contribution in [2.45, 2.75) is 38.1 Å². The summed E-state index contributed by atoms with van der Waals surface area (Å²) < 4.78 is 0. The van der Waals surface area contributed by atoms with Crippen molar-refractivity contribution in [3.05, 3.63) is 70.9 Å². The lowest BCUT2D eigenvalue weighted by Crippen LogP contribution is -2.37. The molecule has 0 unspecified atom stereocenters. The molecule has 34 heavy (non-hydrogen) atoms. The zero-order chi connectivity index (χ0) is 23.9. The third kappa shape index (κ3) is 5.77. The number of nitrogens with one attached hydrogen (secondary N) is 3. The second-order valence-corrected chi connectivity index (χ2v) is 8.43. The van der Waals surface area contributed by atoms with Crippen LogP contribution in [-0.4, -0.2) is 35.0 Å². The molecular formula is C25H24ClN5O3. The van der Waals surface area contributed by atoms with Gasteiger partial charge in [-0.3, -0.25) is 14.4 Å². The predicted octanol–water partition coefficient (Wildman–Crippen LogP) is 4.04. The number of hydrogen-bond acceptors (Lipinski definition) is 5. The second-order valence-electron chi connectivity index (χ2n) is 8.07. The van der Waals surface area contributed by atoms with Gasteiger partial charge in [-0.2, -0.15) is 5.10 Å². The van der Waals surface area contributed by atoms with Gasteiger partial charge in [-0.05, 0) is 37.1 Å². The average molecular weight is 478 g/mol. The van der Waals surface area contributed by atoms with E-state index in [1.165, 1.54) is 12.6 Å². The van der Waals surface area contributed by atoms with Gasteiger partial charge < -0.3 is 10.6 Å². The van der Waals surface area contributed by atoms with Crippen molar-refractivity contribution in [1.29, 1.82) is 0 Å². The fraction of sp³-hybridized carbons (Fsp3) is 0.240. The third-order valence-electron chi connectivity index (χ3n) is 5.64. The summed E-state index contributed by atoms with van der Waals surface area (Å²) in [6, 6.07) is 15.9. The molecule has 3 aromatic rings. The molecular weight excluding hydrogens is 454 g/mol. The van der Waals surface area contributed by atoms with Crippen molar-refractivity contribution in [2.75, 3.05) is 5.32 Å². The van der Waals surface area contributed by atoms with Crippen molar-refractivity contribution in [1.82, 2.24) is 15.7 Å². The van der Waals surface area contributed by atoms with Gasteiger partial charge in [0.2, 0.25) is 0 Å². The number of carbonyl (C=O) groups is 3. The van der Waals surface area contributed by atoms with Crippen molar-refractivity contribution < 1.29 is 14.4 Å². The summed E-state index contributed by atoms with van der Waals surface area (Å²) in [5, 5.41) is 10.4. The Morgan fingerprint density at radius 2 is 1.71 bits per heavy atom. The minimum absolute atomic E-state index is 0.124. The summed E-state index contributed by atoms with van der Waals surface area (Å²) in [6.45, 7) is 0. The first-order valence-electron chi connectivity index (χ1n) is 11.1. The number of benzene rings is 2. The summed E-state index contributed by atoms with van der Waals surface area (Å²) in [7, 11) is 0. The van der Waals surface area contributed by atoms with E-state index in [9.17, 15) is 14.4 Å². The van der Waals surface area contributed by atoms with E-state index < -0.39 is 11.8 Å². The van der Waals surface area contributed by atoms with Gasteiger partial charge in [-0.25, -0.2) is 10.4 Å². The molecule has 1 aliphatic rings. The van der Waals surface area contributed by atoms with Gasteiger partial charge in [0, 0.05) is 17.0 Å². The highest BCUT2D eigenvalue weighted by Crippen LogP contribution is 2.21. The van der Waals surface area contributed by atoms with Crippen molar-refractivity contribution in [3.8, 4) is 0 Å². The maximum Gasteiger partial charge on any atom is 0.329 e. The Hall–Kier alpha value is -3.78. The third-order valence-corrected chi connectivity index (χ3v) is 5.94. The first kappa shape index (κ1) is 23.4. The van der Waals surface area contributed by atoms with Crippen LogP contribution in [0, 0.1) is 0 Å². The second kappa shape index (κ2) is 10.9. The highest BCUT2D eigenvalue weighted by Gasteiger charge is 2.20. The fourth-order valence-electron chi connectivity index (χ4n) is 3.89. The molecule has 0 atom stereocenters. The SMILES string of the molecule is O=C(NN=Cc1cc2ccccc2nc1Cl)C(=O)Nc1ccccc1C(=O)NC1CCCCC1. The maximum absolute atomic E-state index is 12.7. The van der Waals surface area contributed by atoms with Crippen molar-refractivity contribution in [2.24, 2.45) is 5.10 Å². The maximum atomic E-state index is 12.7. The van der Waals surface area contributed by atoms with E-state index >= 15 is 0 Å². The van der Waals surface area contributed by atoms with Crippen LogP contribution in [0.25, 0.3) is 10.9 Å². The van der Waals surface area contributed by atoms with Crippen LogP contribution in [0.3, 0.4) is 0 Å².